The van der Waals surface area contributed by atoms with Gasteiger partial charge in [-0.05, 0) is 55.2 Å². The van der Waals surface area contributed by atoms with Crippen molar-refractivity contribution in [1.82, 2.24) is 14.5 Å². The van der Waals surface area contributed by atoms with Crippen LogP contribution in [0.5, 0.6) is 0 Å². The Morgan fingerprint density at radius 2 is 1.74 bits per heavy atom. The lowest BCUT2D eigenvalue weighted by Crippen LogP contribution is -2.32. The number of amides is 1. The highest BCUT2D eigenvalue weighted by Crippen LogP contribution is 2.23. The van der Waals surface area contributed by atoms with Gasteiger partial charge in [-0.15, -0.1) is 0 Å². The van der Waals surface area contributed by atoms with E-state index >= 15 is 0 Å². The van der Waals surface area contributed by atoms with Crippen LogP contribution < -0.4 is 15.9 Å². The fourth-order valence-electron chi connectivity index (χ4n) is 4.37. The van der Waals surface area contributed by atoms with Gasteiger partial charge in [-0.25, -0.2) is 9.18 Å². The van der Waals surface area contributed by atoms with E-state index in [2.05, 4.69) is 10.2 Å². The Morgan fingerprint density at radius 3 is 2.42 bits per heavy atom. The SMILES string of the molecule is CCCn1c(=O)n(CCC(=O)NCC2CCN(c3ccc(F)cc3)C2)c2ccccc21. The van der Waals surface area contributed by atoms with Crippen molar-refractivity contribution in [1.29, 1.82) is 0 Å². The van der Waals surface area contributed by atoms with Crippen molar-refractivity contribution in [2.45, 2.75) is 39.3 Å². The minimum atomic E-state index is -0.233. The molecule has 0 bridgehead atoms. The molecule has 1 aliphatic rings. The lowest BCUT2D eigenvalue weighted by Gasteiger charge is -2.18. The van der Waals surface area contributed by atoms with Gasteiger partial charge in [-0.3, -0.25) is 13.9 Å². The summed E-state index contributed by atoms with van der Waals surface area (Å²) in [7, 11) is 0. The van der Waals surface area contributed by atoms with E-state index in [1.54, 1.807) is 21.3 Å². The third-order valence-corrected chi connectivity index (χ3v) is 6.00. The van der Waals surface area contributed by atoms with Crippen LogP contribution in [0.1, 0.15) is 26.2 Å². The van der Waals surface area contributed by atoms with Gasteiger partial charge in [0.1, 0.15) is 5.82 Å². The topological polar surface area (TPSA) is 59.3 Å². The van der Waals surface area contributed by atoms with Crippen molar-refractivity contribution in [3.8, 4) is 0 Å². The molecule has 0 saturated carbocycles. The zero-order valence-corrected chi connectivity index (χ0v) is 17.9. The van der Waals surface area contributed by atoms with Crippen molar-refractivity contribution in [2.75, 3.05) is 24.5 Å². The normalized spacial score (nSPS) is 16.2. The molecule has 0 spiro atoms. The van der Waals surface area contributed by atoms with Crippen LogP contribution in [-0.2, 0) is 17.9 Å². The van der Waals surface area contributed by atoms with Gasteiger partial charge in [0.05, 0.1) is 11.0 Å². The molecule has 0 aliphatic carbocycles. The van der Waals surface area contributed by atoms with E-state index < -0.39 is 0 Å². The summed E-state index contributed by atoms with van der Waals surface area (Å²) in [5.41, 5.74) is 2.75. The molecule has 0 radical (unpaired) electrons. The number of rotatable bonds is 8. The number of imidazole rings is 1. The second kappa shape index (κ2) is 9.37. The number of hydrogen-bond donors (Lipinski definition) is 1. The molecule has 4 rings (SSSR count). The predicted octanol–water partition coefficient (Wildman–Crippen LogP) is 3.38. The molecule has 1 atom stereocenters. The average Bonchev–Trinajstić information content (AvgIpc) is 3.35. The second-order valence-corrected chi connectivity index (χ2v) is 8.21. The smallest absolute Gasteiger partial charge is 0.329 e. The lowest BCUT2D eigenvalue weighted by molar-refractivity contribution is -0.121. The molecule has 1 saturated heterocycles. The number of halogens is 1. The maximum atomic E-state index is 13.1. The Bertz CT molecular complexity index is 1100. The third kappa shape index (κ3) is 4.65. The maximum Gasteiger partial charge on any atom is 0.329 e. The van der Waals surface area contributed by atoms with E-state index in [-0.39, 0.29) is 23.8 Å². The van der Waals surface area contributed by atoms with Crippen LogP contribution in [0, 0.1) is 11.7 Å². The molecule has 1 fully saturated rings. The molecular formula is C24H29FN4O2. The number of hydrogen-bond acceptors (Lipinski definition) is 3. The van der Waals surface area contributed by atoms with Crippen LogP contribution in [-0.4, -0.2) is 34.7 Å². The number of nitrogens with zero attached hydrogens (tertiary/aromatic N) is 3. The lowest BCUT2D eigenvalue weighted by atomic mass is 10.1. The molecule has 1 aromatic heterocycles. The molecule has 2 aromatic carbocycles. The van der Waals surface area contributed by atoms with Crippen LogP contribution in [0.25, 0.3) is 11.0 Å². The van der Waals surface area contributed by atoms with Gasteiger partial charge < -0.3 is 10.2 Å². The summed E-state index contributed by atoms with van der Waals surface area (Å²) < 4.78 is 16.6. The molecule has 3 aromatic rings. The monoisotopic (exact) mass is 424 g/mol. The van der Waals surface area contributed by atoms with Crippen molar-refractivity contribution >= 4 is 22.6 Å². The number of nitrogens with one attached hydrogen (secondary N) is 1. The van der Waals surface area contributed by atoms with E-state index in [4.69, 9.17) is 0 Å². The average molecular weight is 425 g/mol. The highest BCUT2D eigenvalue weighted by molar-refractivity contribution is 5.78. The number of aromatic nitrogens is 2. The van der Waals surface area contributed by atoms with E-state index in [0.717, 1.165) is 42.7 Å². The second-order valence-electron chi connectivity index (χ2n) is 8.21. The first kappa shape index (κ1) is 21.2. The quantitative estimate of drug-likeness (QED) is 0.603. The number of benzene rings is 2. The molecule has 164 valence electrons. The minimum Gasteiger partial charge on any atom is -0.371 e. The van der Waals surface area contributed by atoms with Gasteiger partial charge in [-0.1, -0.05) is 19.1 Å². The van der Waals surface area contributed by atoms with Crippen molar-refractivity contribution in [2.24, 2.45) is 5.92 Å². The first-order valence-electron chi connectivity index (χ1n) is 11.0. The number of carbonyl (C=O) groups is 1. The number of aryl methyl sites for hydroxylation is 2. The Hall–Kier alpha value is -3.09. The summed E-state index contributed by atoms with van der Waals surface area (Å²) >= 11 is 0. The summed E-state index contributed by atoms with van der Waals surface area (Å²) in [5.74, 6) is 0.0892. The van der Waals surface area contributed by atoms with E-state index in [0.29, 0.717) is 25.6 Å². The number of fused-ring (bicyclic) bond motifs is 1. The predicted molar refractivity (Wildman–Crippen MR) is 121 cm³/mol. The van der Waals surface area contributed by atoms with Crippen LogP contribution in [0.2, 0.25) is 0 Å². The van der Waals surface area contributed by atoms with Gasteiger partial charge in [0.2, 0.25) is 5.91 Å². The highest BCUT2D eigenvalue weighted by atomic mass is 19.1. The van der Waals surface area contributed by atoms with Gasteiger partial charge >= 0.3 is 5.69 Å². The van der Waals surface area contributed by atoms with Crippen molar-refractivity contribution in [3.05, 3.63) is 64.8 Å². The first-order chi connectivity index (χ1) is 15.1. The molecule has 1 aliphatic heterocycles. The van der Waals surface area contributed by atoms with Crippen LogP contribution in [0.4, 0.5) is 10.1 Å². The number of para-hydroxylation sites is 2. The third-order valence-electron chi connectivity index (χ3n) is 6.00. The summed E-state index contributed by atoms with van der Waals surface area (Å²) in [6.07, 6.45) is 2.14. The molecule has 2 heterocycles. The molecule has 7 heteroatoms. The van der Waals surface area contributed by atoms with Gasteiger partial charge in [0, 0.05) is 44.8 Å². The standard InChI is InChI=1S/C24H29FN4O2/c1-2-13-28-21-5-3-4-6-22(21)29(24(28)31)15-12-23(30)26-16-18-11-14-27(17-18)20-9-7-19(25)8-10-20/h3-10,18H,2,11-17H2,1H3,(H,26,30). The molecule has 1 N–H and O–H groups in total. The fraction of sp³-hybridized carbons (Fsp3) is 0.417. The summed E-state index contributed by atoms with van der Waals surface area (Å²) in [5, 5.41) is 3.03. The number of anilines is 1. The van der Waals surface area contributed by atoms with Crippen molar-refractivity contribution in [3.63, 3.8) is 0 Å². The molecule has 1 unspecified atom stereocenters. The largest absolute Gasteiger partial charge is 0.371 e. The Morgan fingerprint density at radius 1 is 1.06 bits per heavy atom. The molecule has 1 amide bonds. The fourth-order valence-corrected chi connectivity index (χ4v) is 4.37. The minimum absolute atomic E-state index is 0.0422. The zero-order chi connectivity index (χ0) is 21.8. The zero-order valence-electron chi connectivity index (χ0n) is 17.9. The van der Waals surface area contributed by atoms with Gasteiger partial charge in [0.15, 0.2) is 0 Å². The van der Waals surface area contributed by atoms with Gasteiger partial charge in [0.25, 0.3) is 0 Å². The maximum absolute atomic E-state index is 13.1. The van der Waals surface area contributed by atoms with Gasteiger partial charge in [-0.2, -0.15) is 0 Å². The Balaban J connectivity index is 1.31. The van der Waals surface area contributed by atoms with Crippen molar-refractivity contribution < 1.29 is 9.18 Å². The van der Waals surface area contributed by atoms with E-state index in [1.807, 2.05) is 31.2 Å². The summed E-state index contributed by atoms with van der Waals surface area (Å²) in [6.45, 7) is 5.45. The first-order valence-corrected chi connectivity index (χ1v) is 11.0. The molecular weight excluding hydrogens is 395 g/mol. The number of carbonyl (C=O) groups excluding carboxylic acids is 1. The Kier molecular flexibility index (Phi) is 6.39. The summed E-state index contributed by atoms with van der Waals surface area (Å²) in [4.78, 5) is 27.5. The highest BCUT2D eigenvalue weighted by Gasteiger charge is 2.23. The van der Waals surface area contributed by atoms with Crippen LogP contribution >= 0.6 is 0 Å². The van der Waals surface area contributed by atoms with E-state index in [1.165, 1.54) is 12.1 Å². The van der Waals surface area contributed by atoms with Crippen LogP contribution in [0.15, 0.2) is 53.3 Å². The molecule has 31 heavy (non-hydrogen) atoms. The molecule has 6 nitrogen and oxygen atoms in total. The Labute approximate surface area is 181 Å². The van der Waals surface area contributed by atoms with Crippen LogP contribution in [0.3, 0.4) is 0 Å². The summed E-state index contributed by atoms with van der Waals surface area (Å²) in [6, 6.07) is 14.3. The van der Waals surface area contributed by atoms with E-state index in [9.17, 15) is 14.0 Å².